The fourth-order valence-corrected chi connectivity index (χ4v) is 6.64. The fourth-order valence-electron chi connectivity index (χ4n) is 6.64. The van der Waals surface area contributed by atoms with Crippen molar-refractivity contribution in [2.45, 2.75) is 26.2 Å². The van der Waals surface area contributed by atoms with Crippen molar-refractivity contribution in [1.82, 2.24) is 9.13 Å². The van der Waals surface area contributed by atoms with Gasteiger partial charge in [-0.25, -0.2) is 0 Å². The molecule has 0 bridgehead atoms. The number of aryl methyl sites for hydroxylation is 1. The summed E-state index contributed by atoms with van der Waals surface area (Å²) in [4.78, 5) is 0. The summed E-state index contributed by atoms with van der Waals surface area (Å²) in [5.74, 6) is 0. The van der Waals surface area contributed by atoms with E-state index in [1.165, 1.54) is 84.5 Å². The Morgan fingerprint density at radius 1 is 0.429 bits per heavy atom. The van der Waals surface area contributed by atoms with Gasteiger partial charge in [-0.05, 0) is 84.1 Å². The van der Waals surface area contributed by atoms with Crippen molar-refractivity contribution in [3.63, 3.8) is 0 Å². The van der Waals surface area contributed by atoms with E-state index in [0.717, 1.165) is 6.42 Å². The highest BCUT2D eigenvalue weighted by atomic mass is 15.0. The molecule has 202 valence electrons. The molecule has 2 nitrogen and oxygen atoms in total. The number of rotatable bonds is 6. The lowest BCUT2D eigenvalue weighted by Gasteiger charge is -2.10. The monoisotopic (exact) mass is 540 g/mol. The van der Waals surface area contributed by atoms with Gasteiger partial charge in [-0.15, -0.1) is 0 Å². The zero-order valence-corrected chi connectivity index (χ0v) is 23.8. The number of aromatic nitrogens is 2. The number of unbranched alkanes of at least 4 members (excludes halogenated alkanes) is 1. The largest absolute Gasteiger partial charge is 0.309 e. The van der Waals surface area contributed by atoms with Crippen molar-refractivity contribution in [1.29, 1.82) is 0 Å². The molecule has 0 N–H and O–H groups in total. The van der Waals surface area contributed by atoms with Crippen molar-refractivity contribution in [3.05, 3.63) is 145 Å². The molecule has 2 heteroatoms. The van der Waals surface area contributed by atoms with Crippen LogP contribution < -0.4 is 0 Å². The van der Waals surface area contributed by atoms with Crippen LogP contribution in [0, 0.1) is 0 Å². The van der Waals surface area contributed by atoms with Gasteiger partial charge in [-0.1, -0.05) is 98.3 Å². The molecule has 2 heterocycles. The van der Waals surface area contributed by atoms with Crippen LogP contribution in [0.2, 0.25) is 0 Å². The molecule has 0 spiro atoms. The molecule has 0 aliphatic rings. The predicted octanol–water partition coefficient (Wildman–Crippen LogP) is 10.9. The second-order valence-corrected chi connectivity index (χ2v) is 11.3. The molecule has 0 radical (unpaired) electrons. The zero-order chi connectivity index (χ0) is 28.0. The molecule has 0 aliphatic heterocycles. The van der Waals surface area contributed by atoms with E-state index in [9.17, 15) is 0 Å². The average molecular weight is 541 g/mol. The molecule has 0 saturated carbocycles. The van der Waals surface area contributed by atoms with E-state index in [4.69, 9.17) is 0 Å². The molecular weight excluding hydrogens is 508 g/mol. The predicted molar refractivity (Wildman–Crippen MR) is 179 cm³/mol. The second-order valence-electron chi connectivity index (χ2n) is 11.3. The topological polar surface area (TPSA) is 9.86 Å². The van der Waals surface area contributed by atoms with Crippen LogP contribution in [0.1, 0.15) is 25.3 Å². The van der Waals surface area contributed by atoms with Crippen LogP contribution in [0.3, 0.4) is 0 Å². The Morgan fingerprint density at radius 2 is 0.976 bits per heavy atom. The Bertz CT molecular complexity index is 2220. The number of para-hydroxylation sites is 3. The van der Waals surface area contributed by atoms with Crippen LogP contribution in [0.4, 0.5) is 0 Å². The highest BCUT2D eigenvalue weighted by Crippen LogP contribution is 2.38. The molecule has 42 heavy (non-hydrogen) atoms. The third-order valence-electron chi connectivity index (χ3n) is 8.69. The summed E-state index contributed by atoms with van der Waals surface area (Å²) in [5.41, 5.74) is 11.2. The van der Waals surface area contributed by atoms with Crippen LogP contribution >= 0.6 is 0 Å². The average Bonchev–Trinajstić information content (AvgIpc) is 3.56. The van der Waals surface area contributed by atoms with Gasteiger partial charge in [0.15, 0.2) is 0 Å². The van der Waals surface area contributed by atoms with E-state index < -0.39 is 0 Å². The van der Waals surface area contributed by atoms with Crippen LogP contribution in [0.5, 0.6) is 0 Å². The van der Waals surface area contributed by atoms with Gasteiger partial charge in [0.2, 0.25) is 0 Å². The van der Waals surface area contributed by atoms with Crippen molar-refractivity contribution < 1.29 is 0 Å². The lowest BCUT2D eigenvalue weighted by Crippen LogP contribution is -1.94. The third-order valence-corrected chi connectivity index (χ3v) is 8.69. The van der Waals surface area contributed by atoms with Crippen LogP contribution in [0.15, 0.2) is 140 Å². The maximum absolute atomic E-state index is 2.45. The first-order valence-electron chi connectivity index (χ1n) is 15.0. The van der Waals surface area contributed by atoms with E-state index in [0.29, 0.717) is 0 Å². The molecule has 0 fully saturated rings. The molecule has 6 aromatic carbocycles. The van der Waals surface area contributed by atoms with E-state index in [2.05, 4.69) is 156 Å². The number of nitrogens with zero attached hydrogens (tertiary/aromatic N) is 2. The fraction of sp³-hybridized carbons (Fsp3) is 0.100. The smallest absolute Gasteiger partial charge is 0.0547 e. The number of hydrogen-bond donors (Lipinski definition) is 0. The van der Waals surface area contributed by atoms with Gasteiger partial charge in [0.05, 0.1) is 22.1 Å². The number of hydrogen-bond acceptors (Lipinski definition) is 0. The first-order valence-corrected chi connectivity index (χ1v) is 15.0. The van der Waals surface area contributed by atoms with Gasteiger partial charge in [0, 0.05) is 32.9 Å². The third kappa shape index (κ3) is 3.94. The standard InChI is InChI=1S/C40H32N2/c1-2-3-12-28-19-22-34-35-23-20-30(27-40(35)42(39(34)25-28)32-15-8-5-9-16-32)29-21-24-38-36(26-29)33-17-10-11-18-37(33)41(38)31-13-6-4-7-14-31/h4-11,13-27H,2-3,12H2,1H3. The molecule has 8 rings (SSSR count). The summed E-state index contributed by atoms with van der Waals surface area (Å²) in [5, 5.41) is 5.15. The summed E-state index contributed by atoms with van der Waals surface area (Å²) < 4.78 is 4.82. The Morgan fingerprint density at radius 3 is 1.71 bits per heavy atom. The first-order chi connectivity index (χ1) is 20.8. The quantitative estimate of drug-likeness (QED) is 0.198. The van der Waals surface area contributed by atoms with Gasteiger partial charge in [0.1, 0.15) is 0 Å². The van der Waals surface area contributed by atoms with E-state index in [1.807, 2.05) is 0 Å². The first kappa shape index (κ1) is 24.7. The zero-order valence-electron chi connectivity index (χ0n) is 23.8. The SMILES string of the molecule is CCCCc1ccc2c3ccc(-c4ccc5c(c4)c4ccccc4n5-c4ccccc4)cc3n(-c3ccccc3)c2c1. The molecule has 0 amide bonds. The van der Waals surface area contributed by atoms with Gasteiger partial charge in [-0.2, -0.15) is 0 Å². The molecule has 0 aliphatic carbocycles. The molecule has 8 aromatic rings. The van der Waals surface area contributed by atoms with Crippen molar-refractivity contribution in [2.75, 3.05) is 0 Å². The highest BCUT2D eigenvalue weighted by Gasteiger charge is 2.16. The normalized spacial score (nSPS) is 11.7. The Hall–Kier alpha value is -5.08. The van der Waals surface area contributed by atoms with Crippen LogP contribution in [-0.2, 0) is 6.42 Å². The van der Waals surface area contributed by atoms with E-state index in [-0.39, 0.29) is 0 Å². The molecular formula is C40H32N2. The van der Waals surface area contributed by atoms with Crippen LogP contribution in [0.25, 0.3) is 66.1 Å². The lowest BCUT2D eigenvalue weighted by atomic mass is 10.0. The Labute approximate surface area is 246 Å². The van der Waals surface area contributed by atoms with Gasteiger partial charge < -0.3 is 9.13 Å². The minimum Gasteiger partial charge on any atom is -0.309 e. The summed E-state index contributed by atoms with van der Waals surface area (Å²) >= 11 is 0. The summed E-state index contributed by atoms with van der Waals surface area (Å²) in [6.45, 7) is 2.26. The molecule has 0 atom stereocenters. The van der Waals surface area contributed by atoms with Crippen molar-refractivity contribution >= 4 is 43.6 Å². The highest BCUT2D eigenvalue weighted by molar-refractivity contribution is 6.12. The maximum Gasteiger partial charge on any atom is 0.0547 e. The van der Waals surface area contributed by atoms with Crippen molar-refractivity contribution in [2.24, 2.45) is 0 Å². The number of benzene rings is 6. The van der Waals surface area contributed by atoms with Gasteiger partial charge in [0.25, 0.3) is 0 Å². The summed E-state index contributed by atoms with van der Waals surface area (Å²) in [7, 11) is 0. The summed E-state index contributed by atoms with van der Waals surface area (Å²) in [6, 6.07) is 51.2. The van der Waals surface area contributed by atoms with E-state index >= 15 is 0 Å². The molecule has 0 saturated heterocycles. The Balaban J connectivity index is 1.35. The molecule has 0 unspecified atom stereocenters. The Kier molecular flexibility index (Phi) is 5.93. The van der Waals surface area contributed by atoms with Gasteiger partial charge in [-0.3, -0.25) is 0 Å². The van der Waals surface area contributed by atoms with Crippen molar-refractivity contribution in [3.8, 4) is 22.5 Å². The minimum atomic E-state index is 1.12. The summed E-state index contributed by atoms with van der Waals surface area (Å²) in [6.07, 6.45) is 3.53. The van der Waals surface area contributed by atoms with Crippen LogP contribution in [-0.4, -0.2) is 9.13 Å². The molecule has 2 aromatic heterocycles. The number of fused-ring (bicyclic) bond motifs is 6. The van der Waals surface area contributed by atoms with E-state index in [1.54, 1.807) is 0 Å². The second kappa shape index (κ2) is 10.1. The minimum absolute atomic E-state index is 1.12. The lowest BCUT2D eigenvalue weighted by molar-refractivity contribution is 0.795. The maximum atomic E-state index is 2.45. The van der Waals surface area contributed by atoms with Gasteiger partial charge >= 0.3 is 0 Å².